The first kappa shape index (κ1) is 17.0. The van der Waals surface area contributed by atoms with Crippen LogP contribution in [0.2, 0.25) is 0 Å². The van der Waals surface area contributed by atoms with Crippen molar-refractivity contribution in [3.63, 3.8) is 0 Å². The molecule has 0 saturated carbocycles. The Kier molecular flexibility index (Phi) is 5.03. The lowest BCUT2D eigenvalue weighted by Gasteiger charge is -2.29. The van der Waals surface area contributed by atoms with E-state index in [4.69, 9.17) is 0 Å². The second-order valence-corrected chi connectivity index (χ2v) is 6.28. The molecule has 0 unspecified atom stereocenters. The molecule has 0 bridgehead atoms. The van der Waals surface area contributed by atoms with Crippen LogP contribution < -0.4 is 15.1 Å². The molecule has 2 aromatic rings. The summed E-state index contributed by atoms with van der Waals surface area (Å²) >= 11 is 0. The van der Waals surface area contributed by atoms with Crippen molar-refractivity contribution >= 4 is 28.9 Å². The second kappa shape index (κ2) is 7.38. The molecule has 25 heavy (non-hydrogen) atoms. The van der Waals surface area contributed by atoms with E-state index in [1.165, 1.54) is 4.90 Å². The van der Waals surface area contributed by atoms with E-state index >= 15 is 0 Å². The predicted molar refractivity (Wildman–Crippen MR) is 101 cm³/mol. The van der Waals surface area contributed by atoms with Crippen LogP contribution >= 0.6 is 0 Å². The minimum atomic E-state index is -0.178. The third-order valence-corrected chi connectivity index (χ3v) is 4.42. The van der Waals surface area contributed by atoms with Gasteiger partial charge < -0.3 is 10.2 Å². The summed E-state index contributed by atoms with van der Waals surface area (Å²) in [4.78, 5) is 28.5. The average molecular weight is 337 g/mol. The zero-order chi connectivity index (χ0) is 17.8. The van der Waals surface area contributed by atoms with Crippen molar-refractivity contribution in [1.29, 1.82) is 0 Å². The summed E-state index contributed by atoms with van der Waals surface area (Å²) in [6.45, 7) is 3.19. The molecule has 2 aromatic carbocycles. The number of unbranched alkanes of at least 4 members (excludes halogenated alkanes) is 1. The van der Waals surface area contributed by atoms with Gasteiger partial charge in [-0.3, -0.25) is 14.5 Å². The Balaban J connectivity index is 1.81. The van der Waals surface area contributed by atoms with Gasteiger partial charge in [-0.1, -0.05) is 25.5 Å². The van der Waals surface area contributed by atoms with Crippen LogP contribution in [0.5, 0.6) is 0 Å². The van der Waals surface area contributed by atoms with E-state index in [1.54, 1.807) is 6.07 Å². The van der Waals surface area contributed by atoms with Crippen molar-refractivity contribution in [2.24, 2.45) is 0 Å². The number of hydrogen-bond acceptors (Lipinski definition) is 3. The summed E-state index contributed by atoms with van der Waals surface area (Å²) < 4.78 is 0. The van der Waals surface area contributed by atoms with Gasteiger partial charge in [-0.05, 0) is 42.8 Å². The van der Waals surface area contributed by atoms with E-state index in [0.717, 1.165) is 30.8 Å². The van der Waals surface area contributed by atoms with Crippen molar-refractivity contribution in [3.05, 3.63) is 54.1 Å². The maximum atomic E-state index is 12.9. The van der Waals surface area contributed by atoms with Gasteiger partial charge in [-0.15, -0.1) is 0 Å². The molecule has 0 radical (unpaired) electrons. The molecule has 5 heteroatoms. The summed E-state index contributed by atoms with van der Waals surface area (Å²) in [5.41, 5.74) is 3.07. The molecule has 2 amide bonds. The Morgan fingerprint density at radius 1 is 1.16 bits per heavy atom. The quantitative estimate of drug-likeness (QED) is 0.908. The molecular formula is C20H23N3O2. The number of carbonyl (C=O) groups is 2. The molecule has 1 aliphatic heterocycles. The van der Waals surface area contributed by atoms with Crippen LogP contribution in [-0.4, -0.2) is 32.0 Å². The zero-order valence-electron chi connectivity index (χ0n) is 14.7. The number of fused-ring (bicyclic) bond motifs is 1. The van der Waals surface area contributed by atoms with Gasteiger partial charge in [0.2, 0.25) is 5.91 Å². The van der Waals surface area contributed by atoms with Gasteiger partial charge in [0.1, 0.15) is 6.54 Å². The van der Waals surface area contributed by atoms with Crippen LogP contribution in [0.4, 0.5) is 17.1 Å². The molecular weight excluding hydrogens is 314 g/mol. The van der Waals surface area contributed by atoms with Gasteiger partial charge in [0.25, 0.3) is 5.91 Å². The number of amides is 2. The monoisotopic (exact) mass is 337 g/mol. The molecule has 0 aromatic heterocycles. The molecule has 130 valence electrons. The molecule has 1 aliphatic rings. The average Bonchev–Trinajstić information content (AvgIpc) is 2.65. The first-order valence-corrected chi connectivity index (χ1v) is 8.62. The van der Waals surface area contributed by atoms with Crippen LogP contribution in [0, 0.1) is 0 Å². The van der Waals surface area contributed by atoms with Crippen molar-refractivity contribution in [1.82, 2.24) is 0 Å². The van der Waals surface area contributed by atoms with Gasteiger partial charge in [0.15, 0.2) is 0 Å². The van der Waals surface area contributed by atoms with Gasteiger partial charge in [0, 0.05) is 24.8 Å². The third kappa shape index (κ3) is 3.65. The van der Waals surface area contributed by atoms with Crippen LogP contribution in [-0.2, 0) is 4.79 Å². The van der Waals surface area contributed by atoms with Gasteiger partial charge >= 0.3 is 0 Å². The summed E-state index contributed by atoms with van der Waals surface area (Å²) in [6.07, 6.45) is 2.29. The first-order chi connectivity index (χ1) is 12.1. The number of para-hydroxylation sites is 2. The number of rotatable bonds is 5. The Labute approximate surface area is 148 Å². The van der Waals surface area contributed by atoms with Gasteiger partial charge in [0.05, 0.1) is 11.4 Å². The lowest BCUT2D eigenvalue weighted by atomic mass is 10.1. The molecule has 5 nitrogen and oxygen atoms in total. The topological polar surface area (TPSA) is 52.7 Å². The highest BCUT2D eigenvalue weighted by atomic mass is 16.2. The van der Waals surface area contributed by atoms with E-state index in [9.17, 15) is 9.59 Å². The molecule has 1 N–H and O–H groups in total. The Morgan fingerprint density at radius 3 is 2.60 bits per heavy atom. The number of benzene rings is 2. The Hall–Kier alpha value is -2.82. The highest BCUT2D eigenvalue weighted by Gasteiger charge is 2.27. The largest absolute Gasteiger partial charge is 0.375 e. The van der Waals surface area contributed by atoms with E-state index in [2.05, 4.69) is 24.2 Å². The second-order valence-electron chi connectivity index (χ2n) is 6.28. The minimum absolute atomic E-state index is 0.0357. The Morgan fingerprint density at radius 2 is 1.88 bits per heavy atom. The number of nitrogens with one attached hydrogen (secondary N) is 1. The standard InChI is InChI=1S/C20H23N3O2/c1-3-4-13-22(2)16-11-9-15(10-12-16)20(25)23-14-19(24)21-17-7-5-6-8-18(17)23/h5-12H,3-4,13-14H2,1-2H3,(H,21,24). The molecule has 0 saturated heterocycles. The molecule has 0 spiro atoms. The summed E-state index contributed by atoms with van der Waals surface area (Å²) in [5, 5.41) is 2.80. The summed E-state index contributed by atoms with van der Waals surface area (Å²) in [7, 11) is 2.05. The van der Waals surface area contributed by atoms with Crippen molar-refractivity contribution in [2.75, 3.05) is 35.3 Å². The SMILES string of the molecule is CCCCN(C)c1ccc(C(=O)N2CC(=O)Nc3ccccc32)cc1. The number of carbonyl (C=O) groups excluding carboxylic acids is 2. The van der Waals surface area contributed by atoms with Crippen LogP contribution in [0.3, 0.4) is 0 Å². The maximum absolute atomic E-state index is 12.9. The zero-order valence-corrected chi connectivity index (χ0v) is 14.7. The predicted octanol–water partition coefficient (Wildman–Crippen LogP) is 3.52. The number of hydrogen-bond donors (Lipinski definition) is 1. The smallest absolute Gasteiger partial charge is 0.258 e. The fourth-order valence-electron chi connectivity index (χ4n) is 2.95. The van der Waals surface area contributed by atoms with Crippen molar-refractivity contribution < 1.29 is 9.59 Å². The molecule has 1 heterocycles. The Bertz CT molecular complexity index is 771. The van der Waals surface area contributed by atoms with Crippen LogP contribution in [0.15, 0.2) is 48.5 Å². The van der Waals surface area contributed by atoms with Crippen molar-refractivity contribution in [3.8, 4) is 0 Å². The van der Waals surface area contributed by atoms with E-state index in [1.807, 2.05) is 42.5 Å². The lowest BCUT2D eigenvalue weighted by molar-refractivity contribution is -0.115. The number of anilines is 3. The van der Waals surface area contributed by atoms with E-state index in [0.29, 0.717) is 11.3 Å². The molecule has 0 aliphatic carbocycles. The summed E-state index contributed by atoms with van der Waals surface area (Å²) in [6, 6.07) is 14.9. The lowest BCUT2D eigenvalue weighted by Crippen LogP contribution is -2.42. The minimum Gasteiger partial charge on any atom is -0.375 e. The maximum Gasteiger partial charge on any atom is 0.258 e. The molecule has 0 atom stereocenters. The third-order valence-electron chi connectivity index (χ3n) is 4.42. The molecule has 3 rings (SSSR count). The van der Waals surface area contributed by atoms with Crippen molar-refractivity contribution in [2.45, 2.75) is 19.8 Å². The van der Waals surface area contributed by atoms with Crippen LogP contribution in [0.25, 0.3) is 0 Å². The highest BCUT2D eigenvalue weighted by Crippen LogP contribution is 2.30. The molecule has 0 fully saturated rings. The van der Waals surface area contributed by atoms with E-state index in [-0.39, 0.29) is 18.4 Å². The first-order valence-electron chi connectivity index (χ1n) is 8.62. The fourth-order valence-corrected chi connectivity index (χ4v) is 2.95. The highest BCUT2D eigenvalue weighted by molar-refractivity contribution is 6.15. The van der Waals surface area contributed by atoms with Crippen LogP contribution in [0.1, 0.15) is 30.1 Å². The van der Waals surface area contributed by atoms with Gasteiger partial charge in [-0.2, -0.15) is 0 Å². The van der Waals surface area contributed by atoms with E-state index < -0.39 is 0 Å². The number of nitrogens with zero attached hydrogens (tertiary/aromatic N) is 2. The van der Waals surface area contributed by atoms with Gasteiger partial charge in [-0.25, -0.2) is 0 Å². The fraction of sp³-hybridized carbons (Fsp3) is 0.300. The summed E-state index contributed by atoms with van der Waals surface area (Å²) in [5.74, 6) is -0.340. The normalized spacial score (nSPS) is 13.2.